The van der Waals surface area contributed by atoms with Crippen LogP contribution in [0.25, 0.3) is 10.4 Å². The third-order valence-electron chi connectivity index (χ3n) is 4.42. The smallest absolute Gasteiger partial charge is 0.270 e. The van der Waals surface area contributed by atoms with Gasteiger partial charge in [-0.05, 0) is 41.8 Å². The molecule has 0 radical (unpaired) electrons. The fourth-order valence-electron chi connectivity index (χ4n) is 3.03. The molecule has 1 heterocycles. The molecule has 1 aliphatic rings. The molecule has 150 valence electrons. The summed E-state index contributed by atoms with van der Waals surface area (Å²) >= 11 is 5.86. The van der Waals surface area contributed by atoms with Gasteiger partial charge in [-0.3, -0.25) is 10.2 Å². The van der Waals surface area contributed by atoms with Gasteiger partial charge in [0, 0.05) is 21.7 Å². The van der Waals surface area contributed by atoms with Crippen LogP contribution < -0.4 is 0 Å². The highest BCUT2D eigenvalue weighted by Crippen LogP contribution is 2.36. The Bertz CT molecular complexity index is 1420. The lowest BCUT2D eigenvalue weighted by Gasteiger charge is -2.07. The van der Waals surface area contributed by atoms with Crippen molar-refractivity contribution < 1.29 is 13.2 Å². The van der Waals surface area contributed by atoms with Crippen molar-refractivity contribution in [2.45, 2.75) is 4.90 Å². The van der Waals surface area contributed by atoms with E-state index in [1.807, 2.05) is 0 Å². The fourth-order valence-corrected chi connectivity index (χ4v) is 4.84. The van der Waals surface area contributed by atoms with Crippen LogP contribution in [-0.2, 0) is 9.84 Å². The number of sulfone groups is 1. The minimum Gasteiger partial charge on any atom is -0.288 e. The van der Waals surface area contributed by atoms with Crippen LogP contribution in [-0.4, -0.2) is 20.1 Å². The molecule has 8 heteroatoms. The van der Waals surface area contributed by atoms with Crippen molar-refractivity contribution >= 4 is 38.7 Å². The molecule has 0 amide bonds. The SMILES string of the molecule is [C-]#[N+]/C(C#N)=C(\C(=C=N)/C=C/C=C1/C(=O)c2ccc(Cl)cc2S1(=O)=O)c1ccccc1. The number of Topliss-reactive ketones (excluding diaryl/α,β-unsaturated/α-hetero) is 1. The van der Waals surface area contributed by atoms with Gasteiger partial charge in [-0.2, -0.15) is 0 Å². The molecule has 0 aliphatic carbocycles. The second-order valence-corrected chi connectivity index (χ2v) is 8.54. The molecule has 0 unspecified atom stereocenters. The monoisotopic (exact) mass is 445 g/mol. The number of hydrogen-bond donors (Lipinski definition) is 1. The molecule has 1 N–H and O–H groups in total. The van der Waals surface area contributed by atoms with E-state index in [-0.39, 0.29) is 32.3 Å². The number of ketones is 1. The van der Waals surface area contributed by atoms with Gasteiger partial charge in [-0.1, -0.05) is 48.0 Å². The molecule has 2 aromatic rings. The highest BCUT2D eigenvalue weighted by Gasteiger charge is 2.38. The molecular weight excluding hydrogens is 434 g/mol. The number of fused-ring (bicyclic) bond motifs is 1. The Morgan fingerprint density at radius 2 is 1.90 bits per heavy atom. The summed E-state index contributed by atoms with van der Waals surface area (Å²) < 4.78 is 25.4. The van der Waals surface area contributed by atoms with Crippen molar-refractivity contribution in [3.63, 3.8) is 0 Å². The predicted molar refractivity (Wildman–Crippen MR) is 117 cm³/mol. The Labute approximate surface area is 184 Å². The molecule has 31 heavy (non-hydrogen) atoms. The first-order chi connectivity index (χ1) is 14.8. The molecule has 0 fully saturated rings. The van der Waals surface area contributed by atoms with Gasteiger partial charge in [0.1, 0.15) is 4.91 Å². The van der Waals surface area contributed by atoms with Gasteiger partial charge in [-0.25, -0.2) is 18.5 Å². The average molecular weight is 446 g/mol. The third kappa shape index (κ3) is 4.02. The lowest BCUT2D eigenvalue weighted by molar-refractivity contribution is 0.104. The average Bonchev–Trinajstić information content (AvgIpc) is 2.96. The summed E-state index contributed by atoms with van der Waals surface area (Å²) in [6.07, 6.45) is 3.72. The zero-order valence-electron chi connectivity index (χ0n) is 15.8. The summed E-state index contributed by atoms with van der Waals surface area (Å²) in [6, 6.07) is 14.4. The molecule has 6 nitrogen and oxygen atoms in total. The normalized spacial score (nSPS) is 16.2. The van der Waals surface area contributed by atoms with E-state index in [2.05, 4.69) is 10.7 Å². The van der Waals surface area contributed by atoms with E-state index in [0.29, 0.717) is 5.56 Å². The van der Waals surface area contributed by atoms with Crippen LogP contribution in [0.5, 0.6) is 0 Å². The molecule has 2 aromatic carbocycles. The van der Waals surface area contributed by atoms with Gasteiger partial charge < -0.3 is 0 Å². The second-order valence-electron chi connectivity index (χ2n) is 6.21. The lowest BCUT2D eigenvalue weighted by atomic mass is 9.96. The maximum absolute atomic E-state index is 12.7. The van der Waals surface area contributed by atoms with E-state index < -0.39 is 20.5 Å². The maximum Gasteiger partial charge on any atom is 0.270 e. The number of benzene rings is 2. The van der Waals surface area contributed by atoms with Crippen molar-refractivity contribution in [3.05, 3.63) is 111 Å². The minimum atomic E-state index is -4.03. The summed E-state index contributed by atoms with van der Waals surface area (Å²) in [5.41, 5.74) is 0.576. The van der Waals surface area contributed by atoms with Gasteiger partial charge >= 0.3 is 0 Å². The Kier molecular flexibility index (Phi) is 6.15. The van der Waals surface area contributed by atoms with Crippen LogP contribution in [0, 0.1) is 23.3 Å². The highest BCUT2D eigenvalue weighted by molar-refractivity contribution is 7.97. The van der Waals surface area contributed by atoms with E-state index in [1.54, 1.807) is 36.4 Å². The highest BCUT2D eigenvalue weighted by atomic mass is 35.5. The first-order valence-electron chi connectivity index (χ1n) is 8.70. The minimum absolute atomic E-state index is 0.0384. The van der Waals surface area contributed by atoms with Gasteiger partial charge in [0.2, 0.25) is 15.6 Å². The third-order valence-corrected chi connectivity index (χ3v) is 6.47. The number of hydrogen-bond acceptors (Lipinski definition) is 5. The standard InChI is InChI=1S/C23H12ClN3O3S/c1-27-19(14-26)22(15-6-3-2-4-7-15)16(13-25)8-5-9-20-23(28)18-11-10-17(24)12-21(18)31(20,29)30/h2-12,25H/b8-5+,20-9-,22-19-. The molecule has 0 aromatic heterocycles. The zero-order valence-corrected chi connectivity index (χ0v) is 17.3. The summed E-state index contributed by atoms with van der Waals surface area (Å²) in [4.78, 5) is 15.2. The first kappa shape index (κ1) is 21.7. The molecule has 0 atom stereocenters. The molecule has 0 saturated carbocycles. The number of carbonyl (C=O) groups is 1. The van der Waals surface area contributed by atoms with E-state index in [1.165, 1.54) is 30.4 Å². The molecule has 3 rings (SSSR count). The topological polar surface area (TPSA) is 103 Å². The first-order valence-corrected chi connectivity index (χ1v) is 10.6. The summed E-state index contributed by atoms with van der Waals surface area (Å²) in [5.74, 6) is 1.52. The number of allylic oxidation sites excluding steroid dienone is 7. The number of carbonyl (C=O) groups excluding carboxylic acids is 1. The van der Waals surface area contributed by atoms with Gasteiger partial charge in [0.15, 0.2) is 0 Å². The van der Waals surface area contributed by atoms with Crippen molar-refractivity contribution in [1.29, 1.82) is 10.7 Å². The fraction of sp³-hybridized carbons (Fsp3) is 0. The number of nitrogens with zero attached hydrogens (tertiary/aromatic N) is 2. The summed E-state index contributed by atoms with van der Waals surface area (Å²) in [7, 11) is -4.03. The van der Waals surface area contributed by atoms with Crippen molar-refractivity contribution in [2.75, 3.05) is 0 Å². The van der Waals surface area contributed by atoms with Crippen LogP contribution in [0.2, 0.25) is 5.02 Å². The molecule has 1 aliphatic heterocycles. The van der Waals surface area contributed by atoms with Crippen molar-refractivity contribution in [1.82, 2.24) is 0 Å². The molecule has 0 bridgehead atoms. The summed E-state index contributed by atoms with van der Waals surface area (Å²) in [6.45, 7) is 7.26. The van der Waals surface area contributed by atoms with E-state index in [9.17, 15) is 18.5 Å². The Hall–Kier alpha value is -4.00. The predicted octanol–water partition coefficient (Wildman–Crippen LogP) is 4.78. The number of rotatable bonds is 4. The number of halogens is 1. The molecule has 0 spiro atoms. The number of nitrogens with one attached hydrogen (secondary N) is 1. The number of nitriles is 1. The van der Waals surface area contributed by atoms with Gasteiger partial charge in [-0.15, -0.1) is 0 Å². The van der Waals surface area contributed by atoms with Gasteiger partial charge in [0.05, 0.1) is 17.5 Å². The van der Waals surface area contributed by atoms with Crippen LogP contribution in [0.4, 0.5) is 0 Å². The van der Waals surface area contributed by atoms with Crippen molar-refractivity contribution in [3.8, 4) is 6.07 Å². The van der Waals surface area contributed by atoms with E-state index >= 15 is 0 Å². The Morgan fingerprint density at radius 3 is 2.52 bits per heavy atom. The largest absolute Gasteiger partial charge is 0.288 e. The molecule has 0 saturated heterocycles. The quantitative estimate of drug-likeness (QED) is 0.240. The Balaban J connectivity index is 2.07. The van der Waals surface area contributed by atoms with Crippen LogP contribution >= 0.6 is 11.6 Å². The van der Waals surface area contributed by atoms with Crippen LogP contribution in [0.3, 0.4) is 0 Å². The lowest BCUT2D eigenvalue weighted by Crippen LogP contribution is -2.01. The van der Waals surface area contributed by atoms with Crippen LogP contribution in [0.15, 0.2) is 87.8 Å². The Morgan fingerprint density at radius 1 is 1.19 bits per heavy atom. The van der Waals surface area contributed by atoms with Crippen LogP contribution in [0.1, 0.15) is 15.9 Å². The van der Waals surface area contributed by atoms with E-state index in [4.69, 9.17) is 23.6 Å². The summed E-state index contributed by atoms with van der Waals surface area (Å²) in [5, 5.41) is 17.1. The van der Waals surface area contributed by atoms with E-state index in [0.717, 1.165) is 6.08 Å². The van der Waals surface area contributed by atoms with Gasteiger partial charge in [0.25, 0.3) is 5.70 Å². The molecular formula is C23H12ClN3O3S. The maximum atomic E-state index is 12.7. The van der Waals surface area contributed by atoms with Crippen molar-refractivity contribution in [2.24, 2.45) is 0 Å². The zero-order chi connectivity index (χ0) is 22.6. The second kappa shape index (κ2) is 8.79.